The Kier molecular flexibility index (Phi) is 2.82. The maximum Gasteiger partial charge on any atom is 0.194 e. The highest BCUT2D eigenvalue weighted by Gasteiger charge is 2.18. The van der Waals surface area contributed by atoms with Crippen LogP contribution in [0.4, 0.5) is 4.39 Å². The second kappa shape index (κ2) is 4.57. The smallest absolute Gasteiger partial charge is 0.194 e. The van der Waals surface area contributed by atoms with E-state index in [0.29, 0.717) is 5.02 Å². The molecule has 3 aromatic rings. The van der Waals surface area contributed by atoms with E-state index in [0.717, 1.165) is 29.1 Å². The first-order valence-electron chi connectivity index (χ1n) is 6.67. The summed E-state index contributed by atoms with van der Waals surface area (Å²) in [5.74, 6) is -0.322. The summed E-state index contributed by atoms with van der Waals surface area (Å²) in [6, 6.07) is 4.44. The number of hydrogen-bond acceptors (Lipinski definition) is 2. The van der Waals surface area contributed by atoms with Crippen LogP contribution in [0.2, 0.25) is 5.02 Å². The third kappa shape index (κ3) is 1.86. The second-order valence-electron chi connectivity index (χ2n) is 5.08. The summed E-state index contributed by atoms with van der Waals surface area (Å²) in [6.45, 7) is 0. The summed E-state index contributed by atoms with van der Waals surface area (Å²) in [6.07, 6.45) is 6.81. The van der Waals surface area contributed by atoms with Crippen LogP contribution in [0.1, 0.15) is 23.4 Å². The summed E-state index contributed by atoms with van der Waals surface area (Å²) < 4.78 is 15.3. The van der Waals surface area contributed by atoms with Gasteiger partial charge >= 0.3 is 0 Å². The van der Waals surface area contributed by atoms with Crippen molar-refractivity contribution in [3.05, 3.63) is 45.8 Å². The maximum absolute atomic E-state index is 13.1. The molecule has 0 amide bonds. The van der Waals surface area contributed by atoms with Gasteiger partial charge in [0.2, 0.25) is 0 Å². The van der Waals surface area contributed by atoms with Gasteiger partial charge < -0.3 is 0 Å². The summed E-state index contributed by atoms with van der Waals surface area (Å²) in [7, 11) is 0. The number of thiazole rings is 1. The molecule has 1 aliphatic carbocycles. The molecular formula is C15H12ClFN2S. The van der Waals surface area contributed by atoms with E-state index in [-0.39, 0.29) is 5.82 Å². The highest BCUT2D eigenvalue weighted by Crippen LogP contribution is 2.34. The molecule has 1 aromatic carbocycles. The largest absolute Gasteiger partial charge is 0.294 e. The molecule has 0 unspecified atom stereocenters. The van der Waals surface area contributed by atoms with E-state index in [4.69, 9.17) is 11.6 Å². The quantitative estimate of drug-likeness (QED) is 0.635. The third-order valence-corrected chi connectivity index (χ3v) is 5.24. The zero-order chi connectivity index (χ0) is 13.7. The van der Waals surface area contributed by atoms with Gasteiger partial charge in [0.1, 0.15) is 5.82 Å². The van der Waals surface area contributed by atoms with Gasteiger partial charge in [-0.15, -0.1) is 11.3 Å². The number of benzene rings is 1. The molecule has 0 N–H and O–H groups in total. The van der Waals surface area contributed by atoms with Crippen LogP contribution in [0.25, 0.3) is 16.2 Å². The maximum atomic E-state index is 13.1. The van der Waals surface area contributed by atoms with Crippen LogP contribution in [0.15, 0.2) is 24.4 Å². The number of nitrogens with zero attached hydrogens (tertiary/aromatic N) is 2. The third-order valence-electron chi connectivity index (χ3n) is 3.78. The van der Waals surface area contributed by atoms with E-state index in [9.17, 15) is 4.39 Å². The molecule has 5 heteroatoms. The normalized spacial score (nSPS) is 14.7. The van der Waals surface area contributed by atoms with Crippen molar-refractivity contribution < 1.29 is 4.39 Å². The van der Waals surface area contributed by atoms with Gasteiger partial charge in [-0.1, -0.05) is 11.6 Å². The molecule has 0 radical (unpaired) electrons. The first-order valence-corrected chi connectivity index (χ1v) is 7.87. The Hall–Kier alpha value is -1.39. The minimum absolute atomic E-state index is 0.322. The molecule has 0 spiro atoms. The average molecular weight is 307 g/mol. The van der Waals surface area contributed by atoms with Crippen LogP contribution in [0.3, 0.4) is 0 Å². The SMILES string of the molecule is Fc1ccc(-c2cn3c4c(sc3n2)CCCC4)c(Cl)c1. The minimum Gasteiger partial charge on any atom is -0.294 e. The minimum atomic E-state index is -0.322. The molecule has 4 rings (SSSR count). The number of aromatic nitrogens is 2. The standard InChI is InChI=1S/C15H12ClFN2S/c16-11-7-9(17)5-6-10(11)12-8-19-13-3-1-2-4-14(13)20-15(19)18-12/h5-8H,1-4H2. The van der Waals surface area contributed by atoms with Crippen molar-refractivity contribution in [2.45, 2.75) is 25.7 Å². The van der Waals surface area contributed by atoms with Gasteiger partial charge in [0.05, 0.1) is 10.7 Å². The molecule has 20 heavy (non-hydrogen) atoms. The van der Waals surface area contributed by atoms with Gasteiger partial charge in [0, 0.05) is 22.3 Å². The van der Waals surface area contributed by atoms with Crippen molar-refractivity contribution >= 4 is 27.9 Å². The first kappa shape index (κ1) is 12.4. The van der Waals surface area contributed by atoms with E-state index in [1.165, 1.54) is 35.5 Å². The van der Waals surface area contributed by atoms with Gasteiger partial charge in [0.25, 0.3) is 0 Å². The fourth-order valence-electron chi connectivity index (χ4n) is 2.79. The molecule has 0 saturated heterocycles. The van der Waals surface area contributed by atoms with Gasteiger partial charge in [-0.2, -0.15) is 0 Å². The van der Waals surface area contributed by atoms with E-state index >= 15 is 0 Å². The fourth-order valence-corrected chi connectivity index (χ4v) is 4.25. The van der Waals surface area contributed by atoms with Crippen LogP contribution in [-0.4, -0.2) is 9.38 Å². The lowest BCUT2D eigenvalue weighted by Crippen LogP contribution is -2.01. The van der Waals surface area contributed by atoms with E-state index in [1.54, 1.807) is 17.4 Å². The Morgan fingerprint density at radius 2 is 2.10 bits per heavy atom. The average Bonchev–Trinajstić information content (AvgIpc) is 2.96. The molecule has 2 nitrogen and oxygen atoms in total. The Bertz CT molecular complexity index is 806. The highest BCUT2D eigenvalue weighted by molar-refractivity contribution is 7.17. The molecule has 0 fully saturated rings. The van der Waals surface area contributed by atoms with Gasteiger partial charge in [-0.25, -0.2) is 9.37 Å². The summed E-state index contributed by atoms with van der Waals surface area (Å²) in [5, 5.41) is 0.407. The van der Waals surface area contributed by atoms with Crippen LogP contribution in [0, 0.1) is 5.82 Å². The fraction of sp³-hybridized carbons (Fsp3) is 0.267. The number of hydrogen-bond donors (Lipinski definition) is 0. The van der Waals surface area contributed by atoms with Gasteiger partial charge in [-0.3, -0.25) is 4.40 Å². The molecule has 0 aliphatic heterocycles. The highest BCUT2D eigenvalue weighted by atomic mass is 35.5. The molecule has 2 aromatic heterocycles. The van der Waals surface area contributed by atoms with Gasteiger partial charge in [0.15, 0.2) is 4.96 Å². The lowest BCUT2D eigenvalue weighted by molar-refractivity contribution is 0.628. The van der Waals surface area contributed by atoms with Crippen molar-refractivity contribution in [1.29, 1.82) is 0 Å². The zero-order valence-corrected chi connectivity index (χ0v) is 12.3. The number of fused-ring (bicyclic) bond motifs is 3. The molecule has 0 atom stereocenters. The molecule has 1 aliphatic rings. The first-order chi connectivity index (χ1) is 9.72. The summed E-state index contributed by atoms with van der Waals surface area (Å²) >= 11 is 7.88. The predicted octanol–water partition coefficient (Wildman–Crippen LogP) is 4.73. The van der Waals surface area contributed by atoms with Crippen molar-refractivity contribution in [1.82, 2.24) is 9.38 Å². The molecule has 0 saturated carbocycles. The van der Waals surface area contributed by atoms with Crippen molar-refractivity contribution in [3.8, 4) is 11.3 Å². The predicted molar refractivity (Wildman–Crippen MR) is 80.1 cm³/mol. The van der Waals surface area contributed by atoms with Crippen LogP contribution in [-0.2, 0) is 12.8 Å². The Labute approximate surface area is 124 Å². The molecular weight excluding hydrogens is 295 g/mol. The number of aryl methyl sites for hydroxylation is 2. The number of halogens is 2. The molecule has 0 bridgehead atoms. The molecule has 102 valence electrons. The van der Waals surface area contributed by atoms with Crippen molar-refractivity contribution in [2.75, 3.05) is 0 Å². The van der Waals surface area contributed by atoms with Crippen LogP contribution < -0.4 is 0 Å². The Morgan fingerprint density at radius 3 is 2.95 bits per heavy atom. The number of imidazole rings is 1. The summed E-state index contributed by atoms with van der Waals surface area (Å²) in [5.41, 5.74) is 2.98. The monoisotopic (exact) mass is 306 g/mol. The van der Waals surface area contributed by atoms with E-state index < -0.39 is 0 Å². The molecule has 2 heterocycles. The van der Waals surface area contributed by atoms with Gasteiger partial charge in [-0.05, 0) is 43.9 Å². The van der Waals surface area contributed by atoms with E-state index in [2.05, 4.69) is 9.38 Å². The summed E-state index contributed by atoms with van der Waals surface area (Å²) in [4.78, 5) is 7.11. The zero-order valence-electron chi connectivity index (χ0n) is 10.7. The van der Waals surface area contributed by atoms with Crippen molar-refractivity contribution in [2.24, 2.45) is 0 Å². The topological polar surface area (TPSA) is 17.3 Å². The lowest BCUT2D eigenvalue weighted by atomic mass is 10.0. The second-order valence-corrected chi connectivity index (χ2v) is 6.55. The lowest BCUT2D eigenvalue weighted by Gasteiger charge is -2.09. The van der Waals surface area contributed by atoms with Crippen molar-refractivity contribution in [3.63, 3.8) is 0 Å². The Morgan fingerprint density at radius 1 is 1.25 bits per heavy atom. The van der Waals surface area contributed by atoms with Crippen LogP contribution in [0.5, 0.6) is 0 Å². The number of rotatable bonds is 1. The van der Waals surface area contributed by atoms with Crippen LogP contribution >= 0.6 is 22.9 Å². The Balaban J connectivity index is 1.87. The van der Waals surface area contributed by atoms with E-state index in [1.807, 2.05) is 6.20 Å².